The van der Waals surface area contributed by atoms with Crippen LogP contribution in [0.3, 0.4) is 0 Å². The minimum absolute atomic E-state index is 0.732. The summed E-state index contributed by atoms with van der Waals surface area (Å²) >= 11 is 0. The maximum absolute atomic E-state index is 4.67. The summed E-state index contributed by atoms with van der Waals surface area (Å²) in [6, 6.07) is 2.98. The molecule has 1 aliphatic rings. The Morgan fingerprint density at radius 3 is 2.84 bits per heavy atom. The van der Waals surface area contributed by atoms with Crippen LogP contribution in [0, 0.1) is 5.92 Å². The molecule has 0 radical (unpaired) electrons. The number of nitrogens with zero attached hydrogens (tertiary/aromatic N) is 2. The summed E-state index contributed by atoms with van der Waals surface area (Å²) in [5.74, 6) is 0.897. The van der Waals surface area contributed by atoms with Crippen molar-refractivity contribution >= 4 is 0 Å². The van der Waals surface area contributed by atoms with Crippen LogP contribution in [0.15, 0.2) is 6.07 Å². The summed E-state index contributed by atoms with van der Waals surface area (Å²) in [5.41, 5.74) is 2.60. The van der Waals surface area contributed by atoms with E-state index in [0.717, 1.165) is 37.9 Å². The summed E-state index contributed by atoms with van der Waals surface area (Å²) in [4.78, 5) is 0. The zero-order valence-corrected chi connectivity index (χ0v) is 12.8. The highest BCUT2D eigenvalue weighted by Gasteiger charge is 2.18. The first-order valence-electron chi connectivity index (χ1n) is 8.01. The fraction of sp³-hybridized carbons (Fsp3) is 0.812. The molecule has 0 aliphatic heterocycles. The van der Waals surface area contributed by atoms with Crippen LogP contribution in [-0.4, -0.2) is 22.4 Å². The molecule has 1 N–H and O–H groups in total. The predicted molar refractivity (Wildman–Crippen MR) is 80.4 cm³/mol. The highest BCUT2D eigenvalue weighted by atomic mass is 15.3. The molecule has 3 nitrogen and oxygen atoms in total. The summed E-state index contributed by atoms with van der Waals surface area (Å²) in [6.45, 7) is 8.82. The second-order valence-corrected chi connectivity index (χ2v) is 5.98. The third kappa shape index (κ3) is 4.07. The van der Waals surface area contributed by atoms with Gasteiger partial charge in [-0.1, -0.05) is 33.6 Å². The highest BCUT2D eigenvalue weighted by Crippen LogP contribution is 2.23. The van der Waals surface area contributed by atoms with Gasteiger partial charge in [0, 0.05) is 18.3 Å². The average Bonchev–Trinajstić information content (AvgIpc) is 2.81. The Morgan fingerprint density at radius 2 is 2.16 bits per heavy atom. The Balaban J connectivity index is 1.80. The third-order valence-electron chi connectivity index (χ3n) is 4.33. The van der Waals surface area contributed by atoms with Crippen LogP contribution in [0.25, 0.3) is 0 Å². The molecule has 2 rings (SSSR count). The Hall–Kier alpha value is -0.830. The summed E-state index contributed by atoms with van der Waals surface area (Å²) in [6.07, 6.45) is 7.61. The van der Waals surface area contributed by atoms with Crippen molar-refractivity contribution in [3.05, 3.63) is 17.5 Å². The van der Waals surface area contributed by atoms with E-state index in [2.05, 4.69) is 41.9 Å². The molecule has 1 aromatic heterocycles. The van der Waals surface area contributed by atoms with E-state index < -0.39 is 0 Å². The zero-order valence-electron chi connectivity index (χ0n) is 12.8. The van der Waals surface area contributed by atoms with E-state index in [0.29, 0.717) is 0 Å². The van der Waals surface area contributed by atoms with Gasteiger partial charge in [-0.05, 0) is 37.7 Å². The number of rotatable bonds is 6. The van der Waals surface area contributed by atoms with Crippen molar-refractivity contribution in [2.45, 2.75) is 71.9 Å². The van der Waals surface area contributed by atoms with Gasteiger partial charge in [0.1, 0.15) is 0 Å². The van der Waals surface area contributed by atoms with Gasteiger partial charge in [-0.15, -0.1) is 0 Å². The molecule has 0 spiro atoms. The summed E-state index contributed by atoms with van der Waals surface area (Å²) in [5, 5.41) is 8.39. The topological polar surface area (TPSA) is 29.9 Å². The number of aryl methyl sites for hydroxylation is 2. The number of aromatic nitrogens is 2. The predicted octanol–water partition coefficient (Wildman–Crippen LogP) is 3.18. The molecule has 1 aliphatic carbocycles. The molecule has 0 bridgehead atoms. The summed E-state index contributed by atoms with van der Waals surface area (Å²) in [7, 11) is 0. The minimum Gasteiger partial charge on any atom is -0.312 e. The van der Waals surface area contributed by atoms with Crippen LogP contribution in [-0.2, 0) is 19.4 Å². The van der Waals surface area contributed by atoms with E-state index in [1.807, 2.05) is 0 Å². The lowest BCUT2D eigenvalue weighted by Crippen LogP contribution is -2.35. The van der Waals surface area contributed by atoms with E-state index in [-0.39, 0.29) is 0 Å². The fourth-order valence-corrected chi connectivity index (χ4v) is 3.16. The molecule has 2 atom stereocenters. The molecule has 1 fully saturated rings. The van der Waals surface area contributed by atoms with Gasteiger partial charge < -0.3 is 5.32 Å². The van der Waals surface area contributed by atoms with Crippen LogP contribution in [0.1, 0.15) is 57.8 Å². The van der Waals surface area contributed by atoms with Crippen molar-refractivity contribution in [3.8, 4) is 0 Å². The molecular formula is C16H29N3. The molecule has 0 amide bonds. The van der Waals surface area contributed by atoms with E-state index in [4.69, 9.17) is 0 Å². The first kappa shape index (κ1) is 14.6. The molecule has 3 heteroatoms. The molecule has 2 unspecified atom stereocenters. The summed E-state index contributed by atoms with van der Waals surface area (Å²) < 4.78 is 2.19. The van der Waals surface area contributed by atoms with Crippen LogP contribution >= 0.6 is 0 Å². The first-order valence-corrected chi connectivity index (χ1v) is 8.01. The van der Waals surface area contributed by atoms with E-state index >= 15 is 0 Å². The Kier molecular flexibility index (Phi) is 5.44. The smallest absolute Gasteiger partial charge is 0.0624 e. The highest BCUT2D eigenvalue weighted by molar-refractivity contribution is 5.10. The molecule has 0 aromatic carbocycles. The second-order valence-electron chi connectivity index (χ2n) is 5.98. The van der Waals surface area contributed by atoms with Crippen molar-refractivity contribution in [1.82, 2.24) is 15.1 Å². The number of hydrogen-bond acceptors (Lipinski definition) is 2. The second kappa shape index (κ2) is 7.09. The molecule has 108 valence electrons. The number of hydrogen-bond donors (Lipinski definition) is 1. The van der Waals surface area contributed by atoms with Crippen LogP contribution < -0.4 is 5.32 Å². The quantitative estimate of drug-likeness (QED) is 0.854. The maximum atomic E-state index is 4.67. The van der Waals surface area contributed by atoms with Crippen molar-refractivity contribution in [2.75, 3.05) is 6.54 Å². The lowest BCUT2D eigenvalue weighted by atomic mass is 9.87. The Bertz CT molecular complexity index is 383. The molecular weight excluding hydrogens is 234 g/mol. The Morgan fingerprint density at radius 1 is 1.32 bits per heavy atom. The van der Waals surface area contributed by atoms with Crippen LogP contribution in [0.4, 0.5) is 0 Å². The van der Waals surface area contributed by atoms with Gasteiger partial charge >= 0.3 is 0 Å². The van der Waals surface area contributed by atoms with Gasteiger partial charge in [-0.2, -0.15) is 5.10 Å². The molecule has 19 heavy (non-hydrogen) atoms. The number of nitrogens with one attached hydrogen (secondary N) is 1. The van der Waals surface area contributed by atoms with Crippen molar-refractivity contribution < 1.29 is 0 Å². The average molecular weight is 263 g/mol. The maximum Gasteiger partial charge on any atom is 0.0624 e. The van der Waals surface area contributed by atoms with Crippen molar-refractivity contribution in [3.63, 3.8) is 0 Å². The largest absolute Gasteiger partial charge is 0.312 e. The van der Waals surface area contributed by atoms with Gasteiger partial charge in [-0.25, -0.2) is 0 Å². The van der Waals surface area contributed by atoms with Gasteiger partial charge in [0.25, 0.3) is 0 Å². The molecule has 0 saturated heterocycles. The minimum atomic E-state index is 0.732. The van der Waals surface area contributed by atoms with E-state index in [9.17, 15) is 0 Å². The van der Waals surface area contributed by atoms with Gasteiger partial charge in [0.15, 0.2) is 0 Å². The monoisotopic (exact) mass is 263 g/mol. The van der Waals surface area contributed by atoms with Gasteiger partial charge in [0.05, 0.1) is 12.2 Å². The molecule has 1 saturated carbocycles. The van der Waals surface area contributed by atoms with Crippen molar-refractivity contribution in [2.24, 2.45) is 5.92 Å². The standard InChI is InChI=1S/C16H29N3/c1-4-14-12-16(5-2)19(18-14)10-9-17-15-8-6-7-13(3)11-15/h12-13,15,17H,4-11H2,1-3H3. The van der Waals surface area contributed by atoms with E-state index in [1.54, 1.807) is 0 Å². The Labute approximate surface area is 117 Å². The van der Waals surface area contributed by atoms with Crippen molar-refractivity contribution in [1.29, 1.82) is 0 Å². The van der Waals surface area contributed by atoms with Gasteiger partial charge in [0.2, 0.25) is 0 Å². The first-order chi connectivity index (χ1) is 9.22. The normalized spacial score (nSPS) is 23.7. The lowest BCUT2D eigenvalue weighted by Gasteiger charge is -2.27. The van der Waals surface area contributed by atoms with Crippen LogP contribution in [0.2, 0.25) is 0 Å². The third-order valence-corrected chi connectivity index (χ3v) is 4.33. The lowest BCUT2D eigenvalue weighted by molar-refractivity contribution is 0.297. The van der Waals surface area contributed by atoms with Crippen LogP contribution in [0.5, 0.6) is 0 Å². The zero-order chi connectivity index (χ0) is 13.7. The molecule has 1 heterocycles. The SMILES string of the molecule is CCc1cc(CC)n(CCNC2CCCC(C)C2)n1. The van der Waals surface area contributed by atoms with Gasteiger partial charge in [-0.3, -0.25) is 4.68 Å². The fourth-order valence-electron chi connectivity index (χ4n) is 3.16. The molecule has 1 aromatic rings. The van der Waals surface area contributed by atoms with E-state index in [1.165, 1.54) is 37.1 Å².